The van der Waals surface area contributed by atoms with Gasteiger partial charge in [-0.05, 0) is 33.5 Å². The van der Waals surface area contributed by atoms with Crippen molar-refractivity contribution in [3.8, 4) is 0 Å². The van der Waals surface area contributed by atoms with Gasteiger partial charge in [0.15, 0.2) is 0 Å². The number of nitrogens with zero attached hydrogens (tertiary/aromatic N) is 1. The van der Waals surface area contributed by atoms with Crippen molar-refractivity contribution in [3.63, 3.8) is 0 Å². The minimum Gasteiger partial charge on any atom is -0.299 e. The molecule has 0 aromatic carbocycles. The van der Waals surface area contributed by atoms with Crippen molar-refractivity contribution in [1.29, 1.82) is 0 Å². The maximum absolute atomic E-state index is 11.3. The molecule has 1 aromatic heterocycles. The van der Waals surface area contributed by atoms with Crippen LogP contribution in [0.2, 0.25) is 0 Å². The number of pyridine rings is 1. The third-order valence-electron chi connectivity index (χ3n) is 2.54. The van der Waals surface area contributed by atoms with Gasteiger partial charge in [-0.2, -0.15) is 0 Å². The monoisotopic (exact) mass is 267 g/mol. The van der Waals surface area contributed by atoms with Crippen LogP contribution in [0.15, 0.2) is 22.9 Å². The number of hydrogen-bond acceptors (Lipinski definition) is 3. The molecule has 1 fully saturated rings. The van der Waals surface area contributed by atoms with Crippen molar-refractivity contribution in [2.75, 3.05) is 0 Å². The average molecular weight is 268 g/mol. The molecule has 0 N–H and O–H groups in total. The standard InChI is InChI=1S/C11H10BrNO2/c12-9-1-8(5-13-6-9)7-2-10(14)4-11(15)3-7/h1,5-7H,2-4H2. The number of carbonyl (C=O) groups is 2. The normalized spacial score (nSPS) is 18.2. The molecule has 1 saturated carbocycles. The second kappa shape index (κ2) is 4.23. The molecule has 78 valence electrons. The van der Waals surface area contributed by atoms with Gasteiger partial charge in [-0.3, -0.25) is 14.6 Å². The van der Waals surface area contributed by atoms with E-state index in [0.29, 0.717) is 12.8 Å². The van der Waals surface area contributed by atoms with E-state index >= 15 is 0 Å². The Morgan fingerprint density at radius 2 is 1.87 bits per heavy atom. The number of rotatable bonds is 1. The van der Waals surface area contributed by atoms with Gasteiger partial charge in [0.1, 0.15) is 11.6 Å². The molecule has 0 spiro atoms. The van der Waals surface area contributed by atoms with Gasteiger partial charge in [0.2, 0.25) is 0 Å². The summed E-state index contributed by atoms with van der Waals surface area (Å²) in [6.45, 7) is 0. The van der Waals surface area contributed by atoms with Gasteiger partial charge in [-0.1, -0.05) is 0 Å². The minimum absolute atomic E-state index is 0.0174. The fraction of sp³-hybridized carbons (Fsp3) is 0.364. The Kier molecular flexibility index (Phi) is 2.95. The average Bonchev–Trinajstić information content (AvgIpc) is 2.16. The SMILES string of the molecule is O=C1CC(=O)CC(c2cncc(Br)c2)C1. The maximum Gasteiger partial charge on any atom is 0.140 e. The highest BCUT2D eigenvalue weighted by Gasteiger charge is 2.26. The second-order valence-electron chi connectivity index (χ2n) is 3.80. The number of hydrogen-bond donors (Lipinski definition) is 0. The highest BCUT2D eigenvalue weighted by atomic mass is 79.9. The molecule has 0 unspecified atom stereocenters. The lowest BCUT2D eigenvalue weighted by atomic mass is 9.83. The summed E-state index contributed by atoms with van der Waals surface area (Å²) in [4.78, 5) is 26.6. The smallest absolute Gasteiger partial charge is 0.140 e. The molecular weight excluding hydrogens is 258 g/mol. The molecule has 0 aliphatic heterocycles. The number of Topliss-reactive ketones (excluding diaryl/α,β-unsaturated/α-hetero) is 2. The topological polar surface area (TPSA) is 47.0 Å². The predicted octanol–water partition coefficient (Wildman–Crippen LogP) is 2.25. The van der Waals surface area contributed by atoms with E-state index in [1.807, 2.05) is 6.07 Å². The summed E-state index contributed by atoms with van der Waals surface area (Å²) >= 11 is 3.33. The summed E-state index contributed by atoms with van der Waals surface area (Å²) < 4.78 is 0.880. The lowest BCUT2D eigenvalue weighted by Crippen LogP contribution is -2.21. The van der Waals surface area contributed by atoms with Crippen LogP contribution in [0.4, 0.5) is 0 Å². The fourth-order valence-corrected chi connectivity index (χ4v) is 2.26. The van der Waals surface area contributed by atoms with Crippen LogP contribution >= 0.6 is 15.9 Å². The van der Waals surface area contributed by atoms with Gasteiger partial charge in [-0.25, -0.2) is 0 Å². The predicted molar refractivity (Wildman–Crippen MR) is 58.5 cm³/mol. The first-order chi connectivity index (χ1) is 7.15. The molecule has 3 nitrogen and oxygen atoms in total. The highest BCUT2D eigenvalue weighted by molar-refractivity contribution is 9.10. The molecule has 1 aliphatic rings. The van der Waals surface area contributed by atoms with Gasteiger partial charge in [0.25, 0.3) is 0 Å². The van der Waals surface area contributed by atoms with E-state index in [2.05, 4.69) is 20.9 Å². The van der Waals surface area contributed by atoms with Crippen molar-refractivity contribution in [2.45, 2.75) is 25.2 Å². The summed E-state index contributed by atoms with van der Waals surface area (Å²) in [5.74, 6) is 0.0937. The van der Waals surface area contributed by atoms with E-state index < -0.39 is 0 Å². The Morgan fingerprint density at radius 3 is 2.47 bits per heavy atom. The quantitative estimate of drug-likeness (QED) is 0.734. The lowest BCUT2D eigenvalue weighted by Gasteiger charge is -2.19. The lowest BCUT2D eigenvalue weighted by molar-refractivity contribution is -0.130. The van der Waals surface area contributed by atoms with Gasteiger partial charge < -0.3 is 0 Å². The zero-order chi connectivity index (χ0) is 10.8. The first kappa shape index (κ1) is 10.5. The molecule has 1 heterocycles. The summed E-state index contributed by atoms with van der Waals surface area (Å²) in [6, 6.07) is 1.92. The Balaban J connectivity index is 2.23. The zero-order valence-corrected chi connectivity index (χ0v) is 9.66. The van der Waals surface area contributed by atoms with E-state index in [1.165, 1.54) is 0 Å². The Labute approximate surface area is 96.0 Å². The molecule has 0 radical (unpaired) electrons. The van der Waals surface area contributed by atoms with Crippen LogP contribution in [0.5, 0.6) is 0 Å². The van der Waals surface area contributed by atoms with E-state index in [-0.39, 0.29) is 23.9 Å². The van der Waals surface area contributed by atoms with Crippen LogP contribution in [0, 0.1) is 0 Å². The van der Waals surface area contributed by atoms with E-state index in [1.54, 1.807) is 12.4 Å². The number of halogens is 1. The third kappa shape index (κ3) is 2.50. The molecule has 0 atom stereocenters. The van der Waals surface area contributed by atoms with Crippen LogP contribution < -0.4 is 0 Å². The number of ketones is 2. The molecule has 0 saturated heterocycles. The molecule has 2 rings (SSSR count). The molecule has 0 amide bonds. The zero-order valence-electron chi connectivity index (χ0n) is 8.07. The van der Waals surface area contributed by atoms with Crippen LogP contribution in [0.1, 0.15) is 30.7 Å². The van der Waals surface area contributed by atoms with Gasteiger partial charge in [0, 0.05) is 29.7 Å². The minimum atomic E-state index is 0.0174. The summed E-state index contributed by atoms with van der Waals surface area (Å²) in [5.41, 5.74) is 0.964. The van der Waals surface area contributed by atoms with Crippen molar-refractivity contribution < 1.29 is 9.59 Å². The first-order valence-electron chi connectivity index (χ1n) is 4.79. The van der Waals surface area contributed by atoms with E-state index in [9.17, 15) is 9.59 Å². The van der Waals surface area contributed by atoms with E-state index in [0.717, 1.165) is 10.0 Å². The number of aromatic nitrogens is 1. The van der Waals surface area contributed by atoms with Crippen molar-refractivity contribution in [1.82, 2.24) is 4.98 Å². The Hall–Kier alpha value is -1.03. The highest BCUT2D eigenvalue weighted by Crippen LogP contribution is 2.29. The van der Waals surface area contributed by atoms with Crippen LogP contribution in [-0.2, 0) is 9.59 Å². The van der Waals surface area contributed by atoms with Crippen molar-refractivity contribution in [2.24, 2.45) is 0 Å². The van der Waals surface area contributed by atoms with Gasteiger partial charge in [-0.15, -0.1) is 0 Å². The number of carbonyl (C=O) groups excluding carboxylic acids is 2. The molecule has 1 aliphatic carbocycles. The summed E-state index contributed by atoms with van der Waals surface area (Å²) in [7, 11) is 0. The molecule has 4 heteroatoms. The van der Waals surface area contributed by atoms with Crippen LogP contribution in [-0.4, -0.2) is 16.6 Å². The summed E-state index contributed by atoms with van der Waals surface area (Å²) in [5, 5.41) is 0. The van der Waals surface area contributed by atoms with Crippen molar-refractivity contribution >= 4 is 27.5 Å². The fourth-order valence-electron chi connectivity index (χ4n) is 1.87. The first-order valence-corrected chi connectivity index (χ1v) is 5.58. The van der Waals surface area contributed by atoms with Crippen LogP contribution in [0.3, 0.4) is 0 Å². The Bertz CT molecular complexity index is 401. The van der Waals surface area contributed by atoms with Gasteiger partial charge >= 0.3 is 0 Å². The van der Waals surface area contributed by atoms with Crippen molar-refractivity contribution in [3.05, 3.63) is 28.5 Å². The second-order valence-corrected chi connectivity index (χ2v) is 4.71. The maximum atomic E-state index is 11.3. The molecule has 1 aromatic rings. The van der Waals surface area contributed by atoms with Gasteiger partial charge in [0.05, 0.1) is 6.42 Å². The third-order valence-corrected chi connectivity index (χ3v) is 2.97. The van der Waals surface area contributed by atoms with Crippen LogP contribution in [0.25, 0.3) is 0 Å². The summed E-state index contributed by atoms with van der Waals surface area (Å²) in [6.07, 6.45) is 4.45. The molecule has 0 bridgehead atoms. The largest absolute Gasteiger partial charge is 0.299 e. The molecular formula is C11H10BrNO2. The molecule has 15 heavy (non-hydrogen) atoms. The Morgan fingerprint density at radius 1 is 1.20 bits per heavy atom. The van der Waals surface area contributed by atoms with E-state index in [4.69, 9.17) is 0 Å².